The summed E-state index contributed by atoms with van der Waals surface area (Å²) in [6, 6.07) is 6.58. The smallest absolute Gasteiger partial charge is 0.346 e. The topological polar surface area (TPSA) is 117 Å². The van der Waals surface area contributed by atoms with Gasteiger partial charge >= 0.3 is 5.97 Å². The second-order valence-electron chi connectivity index (χ2n) is 5.64. The van der Waals surface area contributed by atoms with Crippen LogP contribution in [0, 0.1) is 10.1 Å². The van der Waals surface area contributed by atoms with Gasteiger partial charge in [-0.2, -0.15) is 0 Å². The summed E-state index contributed by atoms with van der Waals surface area (Å²) in [5.41, 5.74) is -0.682. The molecule has 9 nitrogen and oxygen atoms in total. The Labute approximate surface area is 175 Å². The van der Waals surface area contributed by atoms with Gasteiger partial charge in [0.05, 0.1) is 35.9 Å². The van der Waals surface area contributed by atoms with E-state index in [1.165, 1.54) is 39.3 Å². The number of hydrogen-bond donors (Lipinski definition) is 1. The first-order chi connectivity index (χ1) is 13.7. The van der Waals surface area contributed by atoms with Gasteiger partial charge in [-0.1, -0.05) is 23.2 Å². The van der Waals surface area contributed by atoms with Crippen molar-refractivity contribution < 1.29 is 28.7 Å². The van der Waals surface area contributed by atoms with Gasteiger partial charge in [0.25, 0.3) is 11.6 Å². The fourth-order valence-electron chi connectivity index (χ4n) is 2.29. The molecule has 0 saturated heterocycles. The Morgan fingerprint density at radius 3 is 2.28 bits per heavy atom. The van der Waals surface area contributed by atoms with E-state index in [0.717, 1.165) is 12.1 Å². The van der Waals surface area contributed by atoms with E-state index in [2.05, 4.69) is 5.32 Å². The fraction of sp³-hybridized carbons (Fsp3) is 0.222. The Morgan fingerprint density at radius 1 is 1.10 bits per heavy atom. The van der Waals surface area contributed by atoms with Crippen molar-refractivity contribution in [3.05, 3.63) is 56.1 Å². The van der Waals surface area contributed by atoms with Crippen LogP contribution in [0.1, 0.15) is 17.3 Å². The second kappa shape index (κ2) is 9.44. The Kier molecular flexibility index (Phi) is 7.24. The number of methoxy groups -OCH3 is 2. The molecule has 1 amide bonds. The van der Waals surface area contributed by atoms with Crippen LogP contribution >= 0.6 is 23.2 Å². The Hall–Kier alpha value is -3.04. The third-order valence-electron chi connectivity index (χ3n) is 3.76. The predicted octanol–water partition coefficient (Wildman–Crippen LogP) is 4.10. The van der Waals surface area contributed by atoms with Gasteiger partial charge in [0.15, 0.2) is 17.6 Å². The van der Waals surface area contributed by atoms with Gasteiger partial charge in [0.1, 0.15) is 5.56 Å². The minimum atomic E-state index is -1.28. The number of benzene rings is 2. The van der Waals surface area contributed by atoms with Gasteiger partial charge in [-0.15, -0.1) is 0 Å². The number of esters is 1. The van der Waals surface area contributed by atoms with E-state index in [0.29, 0.717) is 5.02 Å². The van der Waals surface area contributed by atoms with E-state index in [9.17, 15) is 19.7 Å². The van der Waals surface area contributed by atoms with Crippen molar-refractivity contribution in [1.29, 1.82) is 0 Å². The number of carbonyl (C=O) groups excluding carboxylic acids is 2. The highest BCUT2D eigenvalue weighted by molar-refractivity contribution is 6.36. The van der Waals surface area contributed by atoms with E-state index in [1.807, 2.05) is 0 Å². The molecule has 0 radical (unpaired) electrons. The number of nitrogens with zero attached hydrogens (tertiary/aromatic N) is 1. The number of rotatable bonds is 7. The molecule has 0 unspecified atom stereocenters. The molecular weight excluding hydrogens is 427 g/mol. The number of nitro benzene ring substituents is 1. The highest BCUT2D eigenvalue weighted by Gasteiger charge is 2.28. The summed E-state index contributed by atoms with van der Waals surface area (Å²) in [5.74, 6) is -1.61. The van der Waals surface area contributed by atoms with Crippen molar-refractivity contribution >= 4 is 46.5 Å². The molecule has 0 fully saturated rings. The van der Waals surface area contributed by atoms with Crippen LogP contribution in [0.15, 0.2) is 30.3 Å². The van der Waals surface area contributed by atoms with Crippen molar-refractivity contribution in [2.24, 2.45) is 0 Å². The van der Waals surface area contributed by atoms with Crippen molar-refractivity contribution in [2.75, 3.05) is 19.5 Å². The molecule has 0 aliphatic carbocycles. The van der Waals surface area contributed by atoms with Crippen LogP contribution in [0.3, 0.4) is 0 Å². The summed E-state index contributed by atoms with van der Waals surface area (Å²) in [6.45, 7) is 1.31. The molecule has 2 aromatic carbocycles. The molecule has 29 heavy (non-hydrogen) atoms. The molecule has 0 bridgehead atoms. The molecule has 0 aromatic heterocycles. The number of hydrogen-bond acceptors (Lipinski definition) is 7. The number of carbonyl (C=O) groups is 2. The SMILES string of the molecule is COc1cc(C(=O)O[C@H](C)C(=O)Nc2ccc(Cl)cc2Cl)c([N+](=O)[O-])cc1OC. The van der Waals surface area contributed by atoms with Gasteiger partial charge in [-0.05, 0) is 25.1 Å². The van der Waals surface area contributed by atoms with Crippen LogP contribution in [0.5, 0.6) is 11.5 Å². The van der Waals surface area contributed by atoms with Crippen molar-refractivity contribution in [3.63, 3.8) is 0 Å². The van der Waals surface area contributed by atoms with Crippen LogP contribution in [-0.2, 0) is 9.53 Å². The summed E-state index contributed by atoms with van der Waals surface area (Å²) in [6.07, 6.45) is -1.28. The first kappa shape index (κ1) is 22.3. The molecular formula is C18H16Cl2N2O7. The van der Waals surface area contributed by atoms with Crippen LogP contribution in [0.25, 0.3) is 0 Å². The maximum atomic E-state index is 12.5. The van der Waals surface area contributed by atoms with E-state index in [4.69, 9.17) is 37.4 Å². The Bertz CT molecular complexity index is 965. The van der Waals surface area contributed by atoms with Crippen molar-refractivity contribution in [2.45, 2.75) is 13.0 Å². The lowest BCUT2D eigenvalue weighted by molar-refractivity contribution is -0.385. The normalized spacial score (nSPS) is 11.3. The first-order valence-corrected chi connectivity index (χ1v) is 8.80. The van der Waals surface area contributed by atoms with Gasteiger partial charge in [-0.3, -0.25) is 14.9 Å². The number of amides is 1. The number of nitro groups is 1. The van der Waals surface area contributed by atoms with Crippen LogP contribution in [0.4, 0.5) is 11.4 Å². The largest absolute Gasteiger partial charge is 0.493 e. The maximum Gasteiger partial charge on any atom is 0.346 e. The monoisotopic (exact) mass is 442 g/mol. The Morgan fingerprint density at radius 2 is 1.72 bits per heavy atom. The number of nitrogens with one attached hydrogen (secondary N) is 1. The van der Waals surface area contributed by atoms with E-state index in [-0.39, 0.29) is 22.2 Å². The molecule has 1 N–H and O–H groups in total. The van der Waals surface area contributed by atoms with E-state index in [1.54, 1.807) is 0 Å². The zero-order chi connectivity index (χ0) is 21.7. The lowest BCUT2D eigenvalue weighted by atomic mass is 10.1. The van der Waals surface area contributed by atoms with Crippen LogP contribution in [0.2, 0.25) is 10.0 Å². The molecule has 1 atom stereocenters. The predicted molar refractivity (Wildman–Crippen MR) is 106 cm³/mol. The molecule has 2 rings (SSSR count). The molecule has 11 heteroatoms. The van der Waals surface area contributed by atoms with Crippen LogP contribution in [-0.4, -0.2) is 37.1 Å². The average Bonchev–Trinajstić information content (AvgIpc) is 2.68. The maximum absolute atomic E-state index is 12.5. The lowest BCUT2D eigenvalue weighted by Crippen LogP contribution is -2.30. The van der Waals surface area contributed by atoms with E-state index < -0.39 is 34.2 Å². The zero-order valence-corrected chi connectivity index (χ0v) is 17.0. The summed E-state index contributed by atoms with van der Waals surface area (Å²) >= 11 is 11.8. The highest BCUT2D eigenvalue weighted by Crippen LogP contribution is 2.35. The number of ether oxygens (including phenoxy) is 3. The van der Waals surface area contributed by atoms with Gasteiger partial charge in [-0.25, -0.2) is 4.79 Å². The van der Waals surface area contributed by atoms with Gasteiger partial charge < -0.3 is 19.5 Å². The summed E-state index contributed by atoms with van der Waals surface area (Å²) in [4.78, 5) is 35.3. The molecule has 0 heterocycles. The molecule has 0 aliphatic heterocycles. The first-order valence-electron chi connectivity index (χ1n) is 8.05. The highest BCUT2D eigenvalue weighted by atomic mass is 35.5. The van der Waals surface area contributed by atoms with Gasteiger partial charge in [0.2, 0.25) is 0 Å². The summed E-state index contributed by atoms with van der Waals surface area (Å²) in [5, 5.41) is 14.4. The van der Waals surface area contributed by atoms with Crippen molar-refractivity contribution in [3.8, 4) is 11.5 Å². The quantitative estimate of drug-likeness (QED) is 0.389. The number of halogens is 2. The Balaban J connectivity index is 2.22. The molecule has 0 spiro atoms. The van der Waals surface area contributed by atoms with E-state index >= 15 is 0 Å². The minimum absolute atomic E-state index is 0.0684. The molecule has 0 saturated carbocycles. The van der Waals surface area contributed by atoms with Crippen molar-refractivity contribution in [1.82, 2.24) is 0 Å². The summed E-state index contributed by atoms with van der Waals surface area (Å²) < 4.78 is 15.1. The molecule has 154 valence electrons. The minimum Gasteiger partial charge on any atom is -0.493 e. The third kappa shape index (κ3) is 5.27. The number of anilines is 1. The zero-order valence-electron chi connectivity index (χ0n) is 15.5. The summed E-state index contributed by atoms with van der Waals surface area (Å²) in [7, 11) is 2.61. The third-order valence-corrected chi connectivity index (χ3v) is 4.31. The van der Waals surface area contributed by atoms with Crippen LogP contribution < -0.4 is 14.8 Å². The standard InChI is InChI=1S/C18H16Cl2N2O7/c1-9(17(23)21-13-5-4-10(19)6-12(13)20)29-18(24)11-7-15(27-2)16(28-3)8-14(11)22(25)26/h4-9H,1-3H3,(H,21,23)/t9-/m1/s1. The fourth-order valence-corrected chi connectivity index (χ4v) is 2.74. The second-order valence-corrected chi connectivity index (χ2v) is 6.49. The average molecular weight is 443 g/mol. The lowest BCUT2D eigenvalue weighted by Gasteiger charge is -2.15. The molecule has 0 aliphatic rings. The van der Waals surface area contributed by atoms with Gasteiger partial charge in [0, 0.05) is 11.1 Å². The molecule has 2 aromatic rings.